The normalized spacial score (nSPS) is 20.8. The quantitative estimate of drug-likeness (QED) is 0.889. The summed E-state index contributed by atoms with van der Waals surface area (Å²) in [7, 11) is -3.07. The molecule has 1 aromatic rings. The molecule has 1 unspecified atom stereocenters. The average Bonchev–Trinajstić information content (AvgIpc) is 2.68. The molecular formula is C12H11FN2O2S. The second kappa shape index (κ2) is 4.88. The summed E-state index contributed by atoms with van der Waals surface area (Å²) in [6.07, 6.45) is 1.59. The number of rotatable bonds is 3. The van der Waals surface area contributed by atoms with Gasteiger partial charge in [-0.2, -0.15) is 5.26 Å². The minimum atomic E-state index is -3.07. The molecule has 0 saturated carbocycles. The fourth-order valence-electron chi connectivity index (χ4n) is 1.72. The minimum absolute atomic E-state index is 0.0103. The summed E-state index contributed by atoms with van der Waals surface area (Å²) in [4.78, 5) is 0. The Morgan fingerprint density at radius 3 is 2.89 bits per heavy atom. The fourth-order valence-corrected chi connectivity index (χ4v) is 2.99. The van der Waals surface area contributed by atoms with Gasteiger partial charge in [-0.15, -0.1) is 0 Å². The Kier molecular flexibility index (Phi) is 3.45. The number of benzene rings is 1. The molecule has 6 heteroatoms. The molecular weight excluding hydrogens is 255 g/mol. The van der Waals surface area contributed by atoms with Crippen molar-refractivity contribution in [3.05, 3.63) is 46.6 Å². The van der Waals surface area contributed by atoms with Crippen molar-refractivity contribution in [2.24, 2.45) is 0 Å². The van der Waals surface area contributed by atoms with Gasteiger partial charge in [0.15, 0.2) is 9.84 Å². The lowest BCUT2D eigenvalue weighted by Gasteiger charge is -2.10. The first-order chi connectivity index (χ1) is 8.50. The number of hydrogen-bond donors (Lipinski definition) is 1. The summed E-state index contributed by atoms with van der Waals surface area (Å²) in [6.45, 7) is 0.388. The predicted octanol–water partition coefficient (Wildman–Crippen LogP) is 1.10. The predicted molar refractivity (Wildman–Crippen MR) is 64.7 cm³/mol. The van der Waals surface area contributed by atoms with Crippen LogP contribution in [0, 0.1) is 17.1 Å². The SMILES string of the molecule is N#Cc1cc(CNC2C=CS(=O)(=O)C2)ccc1F. The van der Waals surface area contributed by atoms with Gasteiger partial charge in [-0.25, -0.2) is 12.8 Å². The molecule has 0 aromatic heterocycles. The van der Waals surface area contributed by atoms with E-state index in [1.165, 1.54) is 17.5 Å². The van der Waals surface area contributed by atoms with Crippen molar-refractivity contribution in [3.8, 4) is 6.07 Å². The molecule has 1 N–H and O–H groups in total. The van der Waals surface area contributed by atoms with Crippen molar-refractivity contribution in [3.63, 3.8) is 0 Å². The van der Waals surface area contributed by atoms with E-state index in [0.29, 0.717) is 6.54 Å². The zero-order chi connectivity index (χ0) is 13.2. The van der Waals surface area contributed by atoms with Crippen LogP contribution in [0.25, 0.3) is 0 Å². The molecule has 1 aliphatic rings. The molecule has 0 fully saturated rings. The molecule has 1 aromatic carbocycles. The molecule has 4 nitrogen and oxygen atoms in total. The summed E-state index contributed by atoms with van der Waals surface area (Å²) in [6, 6.07) is 5.79. The molecule has 94 valence electrons. The van der Waals surface area contributed by atoms with Crippen LogP contribution in [0.1, 0.15) is 11.1 Å². The molecule has 18 heavy (non-hydrogen) atoms. The van der Waals surface area contributed by atoms with Gasteiger partial charge in [-0.3, -0.25) is 0 Å². The van der Waals surface area contributed by atoms with E-state index in [2.05, 4.69) is 5.32 Å². The maximum atomic E-state index is 13.1. The molecule has 0 radical (unpaired) electrons. The lowest BCUT2D eigenvalue weighted by molar-refractivity contribution is 0.589. The number of sulfone groups is 1. The second-order valence-electron chi connectivity index (χ2n) is 4.07. The standard InChI is InChI=1S/C12H11FN2O2S/c13-12-2-1-9(5-10(12)6-14)7-15-11-3-4-18(16,17)8-11/h1-5,11,15H,7-8H2. The smallest absolute Gasteiger partial charge is 0.173 e. The summed E-state index contributed by atoms with van der Waals surface area (Å²) in [5.41, 5.74) is 0.731. The van der Waals surface area contributed by atoms with Crippen LogP contribution in [0.5, 0.6) is 0 Å². The highest BCUT2D eigenvalue weighted by molar-refractivity contribution is 7.94. The molecule has 0 bridgehead atoms. The largest absolute Gasteiger partial charge is 0.305 e. The van der Waals surface area contributed by atoms with E-state index in [0.717, 1.165) is 5.56 Å². The molecule has 0 saturated heterocycles. The van der Waals surface area contributed by atoms with Gasteiger partial charge in [-0.1, -0.05) is 12.1 Å². The highest BCUT2D eigenvalue weighted by Crippen LogP contribution is 2.11. The van der Waals surface area contributed by atoms with Crippen molar-refractivity contribution < 1.29 is 12.8 Å². The van der Waals surface area contributed by atoms with E-state index in [-0.39, 0.29) is 17.4 Å². The van der Waals surface area contributed by atoms with Crippen molar-refractivity contribution in [2.75, 3.05) is 5.75 Å². The van der Waals surface area contributed by atoms with Crippen LogP contribution >= 0.6 is 0 Å². The van der Waals surface area contributed by atoms with Crippen LogP contribution < -0.4 is 5.32 Å². The molecule has 1 aliphatic heterocycles. The average molecular weight is 266 g/mol. The lowest BCUT2D eigenvalue weighted by atomic mass is 10.1. The van der Waals surface area contributed by atoms with Gasteiger partial charge in [0.1, 0.15) is 11.9 Å². The van der Waals surface area contributed by atoms with Gasteiger partial charge in [0.05, 0.1) is 11.3 Å². The van der Waals surface area contributed by atoms with E-state index < -0.39 is 15.7 Å². The molecule has 0 spiro atoms. The Labute approximate surface area is 105 Å². The summed E-state index contributed by atoms with van der Waals surface area (Å²) in [5.74, 6) is -0.510. The van der Waals surface area contributed by atoms with E-state index in [9.17, 15) is 12.8 Å². The molecule has 0 amide bonds. The third-order valence-electron chi connectivity index (χ3n) is 2.65. The zero-order valence-electron chi connectivity index (χ0n) is 9.43. The van der Waals surface area contributed by atoms with E-state index in [1.54, 1.807) is 18.2 Å². The zero-order valence-corrected chi connectivity index (χ0v) is 10.2. The Morgan fingerprint density at radius 2 is 2.28 bits per heavy atom. The third-order valence-corrected chi connectivity index (χ3v) is 4.05. The number of nitrogens with one attached hydrogen (secondary N) is 1. The van der Waals surface area contributed by atoms with Gasteiger partial charge in [0.25, 0.3) is 0 Å². The molecule has 2 rings (SSSR count). The van der Waals surface area contributed by atoms with Gasteiger partial charge in [0.2, 0.25) is 0 Å². The van der Waals surface area contributed by atoms with Crippen molar-refractivity contribution in [1.29, 1.82) is 5.26 Å². The summed E-state index contributed by atoms with van der Waals surface area (Å²) in [5, 5.41) is 12.9. The van der Waals surface area contributed by atoms with E-state index >= 15 is 0 Å². The van der Waals surface area contributed by atoms with Crippen LogP contribution in [-0.2, 0) is 16.4 Å². The molecule has 0 aliphatic carbocycles. The maximum Gasteiger partial charge on any atom is 0.173 e. The Hall–Kier alpha value is -1.71. The number of hydrogen-bond acceptors (Lipinski definition) is 4. The maximum absolute atomic E-state index is 13.1. The van der Waals surface area contributed by atoms with Crippen LogP contribution in [0.3, 0.4) is 0 Å². The summed E-state index contributed by atoms with van der Waals surface area (Å²) < 4.78 is 35.4. The first-order valence-corrected chi connectivity index (χ1v) is 7.04. The van der Waals surface area contributed by atoms with Gasteiger partial charge in [0, 0.05) is 18.0 Å². The Balaban J connectivity index is 2.00. The summed E-state index contributed by atoms with van der Waals surface area (Å²) >= 11 is 0. The van der Waals surface area contributed by atoms with Gasteiger partial charge < -0.3 is 5.32 Å². The minimum Gasteiger partial charge on any atom is -0.305 e. The monoisotopic (exact) mass is 266 g/mol. The topological polar surface area (TPSA) is 70.0 Å². The first kappa shape index (κ1) is 12.7. The second-order valence-corrected chi connectivity index (χ2v) is 6.00. The lowest BCUT2D eigenvalue weighted by Crippen LogP contribution is -2.29. The Morgan fingerprint density at radius 1 is 1.50 bits per heavy atom. The molecule has 1 atom stereocenters. The van der Waals surface area contributed by atoms with Crippen molar-refractivity contribution in [1.82, 2.24) is 5.32 Å². The van der Waals surface area contributed by atoms with Crippen LogP contribution in [-0.4, -0.2) is 20.2 Å². The van der Waals surface area contributed by atoms with Gasteiger partial charge >= 0.3 is 0 Å². The van der Waals surface area contributed by atoms with Crippen molar-refractivity contribution >= 4 is 9.84 Å². The van der Waals surface area contributed by atoms with E-state index in [4.69, 9.17) is 5.26 Å². The Bertz CT molecular complexity index is 632. The van der Waals surface area contributed by atoms with Crippen LogP contribution in [0.2, 0.25) is 0 Å². The highest BCUT2D eigenvalue weighted by Gasteiger charge is 2.20. The van der Waals surface area contributed by atoms with Crippen molar-refractivity contribution in [2.45, 2.75) is 12.6 Å². The van der Waals surface area contributed by atoms with E-state index in [1.807, 2.05) is 0 Å². The first-order valence-electron chi connectivity index (χ1n) is 5.33. The fraction of sp³-hybridized carbons (Fsp3) is 0.250. The third kappa shape index (κ3) is 2.94. The van der Waals surface area contributed by atoms with Gasteiger partial charge in [-0.05, 0) is 17.7 Å². The number of nitrogens with zero attached hydrogens (tertiary/aromatic N) is 1. The molecule has 1 heterocycles. The highest BCUT2D eigenvalue weighted by atomic mass is 32.2. The number of nitriles is 1. The van der Waals surface area contributed by atoms with Crippen LogP contribution in [0.4, 0.5) is 4.39 Å². The van der Waals surface area contributed by atoms with Crippen LogP contribution in [0.15, 0.2) is 29.7 Å². The number of halogens is 1.